The van der Waals surface area contributed by atoms with Gasteiger partial charge in [-0.3, -0.25) is 0 Å². The lowest BCUT2D eigenvalue weighted by molar-refractivity contribution is 0.297. The number of nitrogens with one attached hydrogen (secondary N) is 1. The molecule has 19 heavy (non-hydrogen) atoms. The number of fused-ring (bicyclic) bond motifs is 1. The van der Waals surface area contributed by atoms with Crippen LogP contribution in [0.5, 0.6) is 11.5 Å². The van der Waals surface area contributed by atoms with Gasteiger partial charge in [0.25, 0.3) is 0 Å². The molecule has 104 valence electrons. The Bertz CT molecular complexity index is 585. The molecule has 0 atom stereocenters. The van der Waals surface area contributed by atoms with Crippen molar-refractivity contribution in [2.24, 2.45) is 0 Å². The molecule has 0 radical (unpaired) electrons. The van der Waals surface area contributed by atoms with Gasteiger partial charge in [-0.15, -0.1) is 0 Å². The van der Waals surface area contributed by atoms with E-state index >= 15 is 0 Å². The zero-order chi connectivity index (χ0) is 13.9. The van der Waals surface area contributed by atoms with Crippen LogP contribution in [0.15, 0.2) is 34.2 Å². The van der Waals surface area contributed by atoms with Gasteiger partial charge in [0.05, 0.1) is 18.1 Å². The standard InChI is InChI=1S/C12H14BrNO4S/c1-9(13)8-14-19(15,16)10-3-4-11-12(7-10)18-6-2-5-17-11/h3-4,7,14H,1-2,5-6,8H2. The predicted octanol–water partition coefficient (Wildman–Crippen LogP) is 2.03. The number of hydrogen-bond acceptors (Lipinski definition) is 4. The lowest BCUT2D eigenvalue weighted by Gasteiger charge is -2.10. The number of ether oxygens (including phenoxy) is 2. The first kappa shape index (κ1) is 14.4. The fourth-order valence-corrected chi connectivity index (χ4v) is 2.93. The van der Waals surface area contributed by atoms with E-state index in [1.807, 2.05) is 0 Å². The zero-order valence-corrected chi connectivity index (χ0v) is 12.6. The van der Waals surface area contributed by atoms with Crippen LogP contribution >= 0.6 is 15.9 Å². The number of sulfonamides is 1. The summed E-state index contributed by atoms with van der Waals surface area (Å²) in [5.74, 6) is 1.03. The van der Waals surface area contributed by atoms with E-state index in [1.165, 1.54) is 12.1 Å². The van der Waals surface area contributed by atoms with Gasteiger partial charge in [0.2, 0.25) is 10.0 Å². The molecule has 0 saturated carbocycles. The molecule has 0 aliphatic carbocycles. The number of halogens is 1. The Kier molecular flexibility index (Phi) is 4.49. The molecule has 5 nitrogen and oxygen atoms in total. The van der Waals surface area contributed by atoms with Crippen LogP contribution < -0.4 is 14.2 Å². The van der Waals surface area contributed by atoms with Crippen molar-refractivity contribution in [3.8, 4) is 11.5 Å². The van der Waals surface area contributed by atoms with Crippen LogP contribution in [0.2, 0.25) is 0 Å². The van der Waals surface area contributed by atoms with E-state index in [0.717, 1.165) is 6.42 Å². The molecule has 0 unspecified atom stereocenters. The maximum atomic E-state index is 12.0. The third kappa shape index (κ3) is 3.71. The Balaban J connectivity index is 2.25. The molecule has 1 aromatic carbocycles. The molecule has 1 N–H and O–H groups in total. The monoisotopic (exact) mass is 347 g/mol. The predicted molar refractivity (Wildman–Crippen MR) is 75.3 cm³/mol. The lowest BCUT2D eigenvalue weighted by Crippen LogP contribution is -2.24. The molecule has 0 spiro atoms. The topological polar surface area (TPSA) is 64.6 Å². The van der Waals surface area contributed by atoms with Gasteiger partial charge in [-0.1, -0.05) is 22.5 Å². The Morgan fingerprint density at radius 3 is 2.68 bits per heavy atom. The summed E-state index contributed by atoms with van der Waals surface area (Å²) in [6.07, 6.45) is 0.776. The number of hydrogen-bond donors (Lipinski definition) is 1. The van der Waals surface area contributed by atoms with Crippen molar-refractivity contribution in [2.75, 3.05) is 19.8 Å². The third-order valence-electron chi connectivity index (χ3n) is 2.48. The largest absolute Gasteiger partial charge is 0.490 e. The molecular formula is C12H14BrNO4S. The molecular weight excluding hydrogens is 334 g/mol. The molecule has 0 saturated heterocycles. The van der Waals surface area contributed by atoms with E-state index in [2.05, 4.69) is 27.2 Å². The molecule has 7 heteroatoms. The van der Waals surface area contributed by atoms with Gasteiger partial charge >= 0.3 is 0 Å². The van der Waals surface area contributed by atoms with Crippen LogP contribution in [0, 0.1) is 0 Å². The average Bonchev–Trinajstić information content (AvgIpc) is 2.60. The van der Waals surface area contributed by atoms with Crippen LogP contribution in [0.4, 0.5) is 0 Å². The van der Waals surface area contributed by atoms with Crippen molar-refractivity contribution >= 4 is 26.0 Å². The summed E-state index contributed by atoms with van der Waals surface area (Å²) in [5.41, 5.74) is 0. The molecule has 1 aromatic rings. The Labute approximate surface area is 120 Å². The van der Waals surface area contributed by atoms with Crippen LogP contribution in [0.1, 0.15) is 6.42 Å². The van der Waals surface area contributed by atoms with Crippen molar-refractivity contribution in [1.29, 1.82) is 0 Å². The molecule has 0 fully saturated rings. The summed E-state index contributed by atoms with van der Waals surface area (Å²) < 4.78 is 38.0. The summed E-state index contributed by atoms with van der Waals surface area (Å²) in [7, 11) is -3.58. The van der Waals surface area contributed by atoms with Gasteiger partial charge in [0, 0.05) is 23.5 Å². The quantitative estimate of drug-likeness (QED) is 0.904. The summed E-state index contributed by atoms with van der Waals surface area (Å²) in [6, 6.07) is 4.57. The van der Waals surface area contributed by atoms with Crippen molar-refractivity contribution in [1.82, 2.24) is 4.72 Å². The molecule has 1 aliphatic heterocycles. The maximum Gasteiger partial charge on any atom is 0.241 e. The van der Waals surface area contributed by atoms with Gasteiger partial charge in [0.15, 0.2) is 11.5 Å². The lowest BCUT2D eigenvalue weighted by atomic mass is 10.3. The average molecular weight is 348 g/mol. The fourth-order valence-electron chi connectivity index (χ4n) is 1.57. The zero-order valence-electron chi connectivity index (χ0n) is 10.2. The summed E-state index contributed by atoms with van der Waals surface area (Å²) in [4.78, 5) is 0.144. The molecule has 0 bridgehead atoms. The van der Waals surface area contributed by atoms with Gasteiger partial charge < -0.3 is 9.47 Å². The molecule has 0 aromatic heterocycles. The van der Waals surface area contributed by atoms with Crippen molar-refractivity contribution in [3.63, 3.8) is 0 Å². The van der Waals surface area contributed by atoms with Crippen molar-refractivity contribution in [2.45, 2.75) is 11.3 Å². The Hall–Kier alpha value is -1.05. The van der Waals surface area contributed by atoms with Crippen LogP contribution in [0.25, 0.3) is 0 Å². The summed E-state index contributed by atoms with van der Waals surface area (Å²) in [5, 5.41) is 0. The smallest absolute Gasteiger partial charge is 0.241 e. The normalized spacial score (nSPS) is 14.8. The second kappa shape index (κ2) is 5.94. The van der Waals surface area contributed by atoms with Crippen LogP contribution in [-0.4, -0.2) is 28.2 Å². The number of benzene rings is 1. The van der Waals surface area contributed by atoms with E-state index in [-0.39, 0.29) is 11.4 Å². The second-order valence-corrected chi connectivity index (χ2v) is 6.89. The highest BCUT2D eigenvalue weighted by Gasteiger charge is 2.18. The van der Waals surface area contributed by atoms with Gasteiger partial charge in [-0.2, -0.15) is 0 Å². The van der Waals surface area contributed by atoms with Crippen molar-refractivity contribution < 1.29 is 17.9 Å². The van der Waals surface area contributed by atoms with Gasteiger partial charge in [-0.25, -0.2) is 13.1 Å². The minimum absolute atomic E-state index is 0.136. The SMILES string of the molecule is C=C(Br)CNS(=O)(=O)c1ccc2c(c1)OCCCO2. The summed E-state index contributed by atoms with van der Waals surface area (Å²) in [6.45, 7) is 4.80. The van der Waals surface area contributed by atoms with Gasteiger partial charge in [-0.05, 0) is 12.1 Å². The molecule has 1 aliphatic rings. The highest BCUT2D eigenvalue weighted by atomic mass is 79.9. The van der Waals surface area contributed by atoms with Crippen molar-refractivity contribution in [3.05, 3.63) is 29.3 Å². The highest BCUT2D eigenvalue weighted by Crippen LogP contribution is 2.31. The first-order valence-corrected chi connectivity index (χ1v) is 7.99. The minimum atomic E-state index is -3.58. The Morgan fingerprint density at radius 2 is 2.00 bits per heavy atom. The van der Waals surface area contributed by atoms with E-state index in [9.17, 15) is 8.42 Å². The van der Waals surface area contributed by atoms with Gasteiger partial charge in [0.1, 0.15) is 0 Å². The van der Waals surface area contributed by atoms with E-state index in [4.69, 9.17) is 9.47 Å². The third-order valence-corrected chi connectivity index (χ3v) is 4.16. The van der Waals surface area contributed by atoms with E-state index in [1.54, 1.807) is 6.07 Å². The highest BCUT2D eigenvalue weighted by molar-refractivity contribution is 9.11. The van der Waals surface area contributed by atoms with E-state index in [0.29, 0.717) is 29.2 Å². The molecule has 0 amide bonds. The molecule has 1 heterocycles. The fraction of sp³-hybridized carbons (Fsp3) is 0.333. The Morgan fingerprint density at radius 1 is 1.32 bits per heavy atom. The maximum absolute atomic E-state index is 12.0. The van der Waals surface area contributed by atoms with Crippen LogP contribution in [-0.2, 0) is 10.0 Å². The van der Waals surface area contributed by atoms with Crippen LogP contribution in [0.3, 0.4) is 0 Å². The first-order valence-electron chi connectivity index (χ1n) is 5.71. The van der Waals surface area contributed by atoms with E-state index < -0.39 is 10.0 Å². The molecule has 2 rings (SSSR count). The minimum Gasteiger partial charge on any atom is -0.490 e. The first-order chi connectivity index (χ1) is 8.99. The number of rotatable bonds is 4. The second-order valence-electron chi connectivity index (χ2n) is 4.00. The summed E-state index contributed by atoms with van der Waals surface area (Å²) >= 11 is 3.10.